The second-order valence-corrected chi connectivity index (χ2v) is 7.75. The van der Waals surface area contributed by atoms with Gasteiger partial charge in [0.05, 0.1) is 11.6 Å². The minimum Gasteiger partial charge on any atom is -0.452 e. The molecule has 5 nitrogen and oxygen atoms in total. The van der Waals surface area contributed by atoms with Gasteiger partial charge in [0.25, 0.3) is 5.91 Å². The largest absolute Gasteiger partial charge is 0.452 e. The van der Waals surface area contributed by atoms with Gasteiger partial charge in [-0.05, 0) is 41.9 Å². The van der Waals surface area contributed by atoms with E-state index in [1.807, 2.05) is 39.8 Å². The van der Waals surface area contributed by atoms with Gasteiger partial charge >= 0.3 is 5.97 Å². The van der Waals surface area contributed by atoms with E-state index in [2.05, 4.69) is 25.2 Å². The zero-order valence-corrected chi connectivity index (χ0v) is 16.8. The highest BCUT2D eigenvalue weighted by Gasteiger charge is 2.30. The molecule has 0 aromatic heterocycles. The molecule has 0 spiro atoms. The van der Waals surface area contributed by atoms with Crippen molar-refractivity contribution in [2.75, 3.05) is 6.61 Å². The number of amides is 1. The zero-order valence-electron chi connectivity index (χ0n) is 16.8. The minimum absolute atomic E-state index is 0.0664. The van der Waals surface area contributed by atoms with E-state index in [4.69, 9.17) is 4.74 Å². The van der Waals surface area contributed by atoms with E-state index in [1.165, 1.54) is 0 Å². The van der Waals surface area contributed by atoms with Crippen LogP contribution in [0.15, 0.2) is 18.2 Å². The molecule has 0 bridgehead atoms. The van der Waals surface area contributed by atoms with Crippen LogP contribution in [0, 0.1) is 17.2 Å². The predicted octanol–water partition coefficient (Wildman–Crippen LogP) is 4.14. The summed E-state index contributed by atoms with van der Waals surface area (Å²) in [5.74, 6) is -0.553. The van der Waals surface area contributed by atoms with Crippen LogP contribution in [-0.2, 0) is 9.53 Å². The number of esters is 1. The molecule has 26 heavy (non-hydrogen) atoms. The lowest BCUT2D eigenvalue weighted by Gasteiger charge is -2.27. The summed E-state index contributed by atoms with van der Waals surface area (Å²) in [6, 6.07) is 7.80. The molecule has 0 unspecified atom stereocenters. The van der Waals surface area contributed by atoms with E-state index in [-0.39, 0.29) is 11.8 Å². The number of hydrogen-bond donors (Lipinski definition) is 1. The van der Waals surface area contributed by atoms with Crippen LogP contribution < -0.4 is 5.32 Å². The number of benzene rings is 1. The maximum atomic E-state index is 12.5. The van der Waals surface area contributed by atoms with Crippen LogP contribution in [0.2, 0.25) is 0 Å². The average molecular weight is 358 g/mol. The third-order valence-corrected chi connectivity index (χ3v) is 4.70. The van der Waals surface area contributed by atoms with E-state index in [1.54, 1.807) is 13.0 Å². The molecular formula is C21H30N2O3. The lowest BCUT2D eigenvalue weighted by atomic mass is 9.90. The summed E-state index contributed by atoms with van der Waals surface area (Å²) in [7, 11) is 0. The molecule has 0 fully saturated rings. The molecule has 1 rings (SSSR count). The number of nitriles is 1. The molecule has 0 saturated carbocycles. The van der Waals surface area contributed by atoms with E-state index in [9.17, 15) is 14.9 Å². The van der Waals surface area contributed by atoms with Gasteiger partial charge in [0.2, 0.25) is 0 Å². The fraction of sp³-hybridized carbons (Fsp3) is 0.571. The molecule has 5 heteroatoms. The Kier molecular flexibility index (Phi) is 7.38. The molecule has 1 atom stereocenters. The quantitative estimate of drug-likeness (QED) is 0.743. The highest BCUT2D eigenvalue weighted by atomic mass is 16.5. The number of rotatable bonds is 7. The normalized spacial score (nSPS) is 13.4. The summed E-state index contributed by atoms with van der Waals surface area (Å²) in [5, 5.41) is 11.9. The van der Waals surface area contributed by atoms with Crippen LogP contribution in [-0.4, -0.2) is 24.0 Å². The van der Waals surface area contributed by atoms with Gasteiger partial charge in [0, 0.05) is 0 Å². The van der Waals surface area contributed by atoms with Gasteiger partial charge in [0.15, 0.2) is 6.61 Å². The maximum absolute atomic E-state index is 12.5. The first-order chi connectivity index (χ1) is 12.0. The predicted molar refractivity (Wildman–Crippen MR) is 102 cm³/mol. The Bertz CT molecular complexity index is 702. The molecular weight excluding hydrogens is 328 g/mol. The van der Waals surface area contributed by atoms with Gasteiger partial charge in [-0.25, -0.2) is 4.79 Å². The van der Waals surface area contributed by atoms with E-state index in [0.29, 0.717) is 11.5 Å². The molecule has 1 aromatic carbocycles. The van der Waals surface area contributed by atoms with Gasteiger partial charge in [0.1, 0.15) is 5.54 Å². The molecule has 0 radical (unpaired) electrons. The first kappa shape index (κ1) is 21.7. The fourth-order valence-corrected chi connectivity index (χ4v) is 2.44. The maximum Gasteiger partial charge on any atom is 0.338 e. The molecule has 1 amide bonds. The summed E-state index contributed by atoms with van der Waals surface area (Å²) < 4.78 is 5.19. The SMILES string of the molecule is CC(C)c1ccc(C(=O)OCC(=O)N[C@](C)(C#N)C(C)C)c(C(C)C)c1. The van der Waals surface area contributed by atoms with Crippen molar-refractivity contribution in [1.82, 2.24) is 5.32 Å². The van der Waals surface area contributed by atoms with Crippen LogP contribution >= 0.6 is 0 Å². The van der Waals surface area contributed by atoms with E-state index < -0.39 is 24.0 Å². The molecule has 1 aromatic rings. The summed E-state index contributed by atoms with van der Waals surface area (Å²) in [6.45, 7) is 13.2. The van der Waals surface area contributed by atoms with E-state index >= 15 is 0 Å². The Hall–Kier alpha value is -2.35. The van der Waals surface area contributed by atoms with Crippen molar-refractivity contribution in [1.29, 1.82) is 5.26 Å². The van der Waals surface area contributed by atoms with Crippen LogP contribution in [0.1, 0.15) is 81.8 Å². The number of carbonyl (C=O) groups is 2. The van der Waals surface area contributed by atoms with Gasteiger partial charge in [-0.15, -0.1) is 0 Å². The van der Waals surface area contributed by atoms with Crippen molar-refractivity contribution >= 4 is 11.9 Å². The van der Waals surface area contributed by atoms with Crippen LogP contribution in [0.4, 0.5) is 0 Å². The average Bonchev–Trinajstić information content (AvgIpc) is 2.58. The fourth-order valence-electron chi connectivity index (χ4n) is 2.44. The topological polar surface area (TPSA) is 79.2 Å². The van der Waals surface area contributed by atoms with E-state index in [0.717, 1.165) is 11.1 Å². The third kappa shape index (κ3) is 5.32. The van der Waals surface area contributed by atoms with Crippen LogP contribution in [0.3, 0.4) is 0 Å². The summed E-state index contributed by atoms with van der Waals surface area (Å²) in [6.07, 6.45) is 0. The monoisotopic (exact) mass is 358 g/mol. The molecule has 0 heterocycles. The molecule has 0 saturated heterocycles. The number of nitrogens with zero attached hydrogens (tertiary/aromatic N) is 1. The lowest BCUT2D eigenvalue weighted by Crippen LogP contribution is -2.50. The van der Waals surface area contributed by atoms with Crippen molar-refractivity contribution in [3.8, 4) is 6.07 Å². The third-order valence-electron chi connectivity index (χ3n) is 4.70. The Labute approximate surface area is 156 Å². The molecule has 0 aliphatic heterocycles. The molecule has 0 aliphatic rings. The zero-order chi connectivity index (χ0) is 20.1. The number of ether oxygens (including phenoxy) is 1. The molecule has 1 N–H and O–H groups in total. The first-order valence-electron chi connectivity index (χ1n) is 9.05. The van der Waals surface area contributed by atoms with Gasteiger partial charge in [-0.1, -0.05) is 53.7 Å². The first-order valence-corrected chi connectivity index (χ1v) is 9.05. The molecule has 142 valence electrons. The van der Waals surface area contributed by atoms with Gasteiger partial charge < -0.3 is 10.1 Å². The van der Waals surface area contributed by atoms with Crippen molar-refractivity contribution < 1.29 is 14.3 Å². The van der Waals surface area contributed by atoms with Gasteiger partial charge in [-0.3, -0.25) is 4.79 Å². The minimum atomic E-state index is -0.995. The van der Waals surface area contributed by atoms with Crippen LogP contribution in [0.5, 0.6) is 0 Å². The number of carbonyl (C=O) groups excluding carboxylic acids is 2. The number of hydrogen-bond acceptors (Lipinski definition) is 4. The Balaban J connectivity index is 2.86. The number of nitrogens with one attached hydrogen (secondary N) is 1. The summed E-state index contributed by atoms with van der Waals surface area (Å²) in [5.41, 5.74) is 1.55. The Morgan fingerprint density at radius 3 is 2.23 bits per heavy atom. The highest BCUT2D eigenvalue weighted by Crippen LogP contribution is 2.25. The Morgan fingerprint density at radius 2 is 1.77 bits per heavy atom. The van der Waals surface area contributed by atoms with Crippen molar-refractivity contribution in [3.05, 3.63) is 34.9 Å². The molecule has 0 aliphatic carbocycles. The summed E-state index contributed by atoms with van der Waals surface area (Å²) in [4.78, 5) is 24.5. The van der Waals surface area contributed by atoms with Gasteiger partial charge in [-0.2, -0.15) is 5.26 Å². The highest BCUT2D eigenvalue weighted by molar-refractivity contribution is 5.93. The smallest absolute Gasteiger partial charge is 0.338 e. The lowest BCUT2D eigenvalue weighted by molar-refractivity contribution is -0.125. The second kappa shape index (κ2) is 8.84. The Morgan fingerprint density at radius 1 is 1.15 bits per heavy atom. The van der Waals surface area contributed by atoms with Crippen molar-refractivity contribution in [2.24, 2.45) is 5.92 Å². The van der Waals surface area contributed by atoms with Crippen molar-refractivity contribution in [3.63, 3.8) is 0 Å². The standard InChI is InChI=1S/C21H30N2O3/c1-13(2)16-8-9-17(18(10-16)14(3)4)20(25)26-11-19(24)23-21(7,12-22)15(5)6/h8-10,13-15H,11H2,1-7H3,(H,23,24)/t21-/m1/s1. The second-order valence-electron chi connectivity index (χ2n) is 7.75. The summed E-state index contributed by atoms with van der Waals surface area (Å²) >= 11 is 0. The van der Waals surface area contributed by atoms with Crippen LogP contribution in [0.25, 0.3) is 0 Å². The van der Waals surface area contributed by atoms with Crippen molar-refractivity contribution in [2.45, 2.75) is 65.8 Å².